The first-order chi connectivity index (χ1) is 21.3. The summed E-state index contributed by atoms with van der Waals surface area (Å²) in [6.45, 7) is 1.00. The van der Waals surface area contributed by atoms with Crippen LogP contribution in [0.3, 0.4) is 0 Å². The zero-order chi connectivity index (χ0) is 30.1. The van der Waals surface area contributed by atoms with Gasteiger partial charge in [-0.25, -0.2) is 4.98 Å². The lowest BCUT2D eigenvalue weighted by atomic mass is 9.68. The lowest BCUT2D eigenvalue weighted by Crippen LogP contribution is -2.47. The van der Waals surface area contributed by atoms with Gasteiger partial charge in [-0.2, -0.15) is 13.2 Å². The molecule has 44 heavy (non-hydrogen) atoms. The molecular formula is C31H27F3N6O3S. The van der Waals surface area contributed by atoms with Gasteiger partial charge in [0.15, 0.2) is 17.6 Å². The number of fused-ring (bicyclic) bond motifs is 2. The van der Waals surface area contributed by atoms with Crippen LogP contribution in [-0.2, 0) is 21.4 Å². The Morgan fingerprint density at radius 3 is 2.61 bits per heavy atom. The normalized spacial score (nSPS) is 24.1. The molecule has 2 aromatic heterocycles. The number of rotatable bonds is 6. The topological polar surface area (TPSA) is 106 Å². The third-order valence-corrected chi connectivity index (χ3v) is 10.2. The van der Waals surface area contributed by atoms with E-state index in [2.05, 4.69) is 25.4 Å². The van der Waals surface area contributed by atoms with Gasteiger partial charge < -0.3 is 19.4 Å². The lowest BCUT2D eigenvalue weighted by molar-refractivity contribution is -0.212. The summed E-state index contributed by atoms with van der Waals surface area (Å²) >= 11 is 1.05. The van der Waals surface area contributed by atoms with Crippen LogP contribution in [0, 0.1) is 0 Å². The number of Topliss-reactive ketones (excluding diaryl/α,β-unsaturated/α-hetero) is 1. The zero-order valence-corrected chi connectivity index (χ0v) is 24.2. The van der Waals surface area contributed by atoms with Gasteiger partial charge in [-0.15, -0.1) is 5.10 Å². The Labute approximate surface area is 254 Å². The maximum absolute atomic E-state index is 14.3. The average molecular weight is 621 g/mol. The van der Waals surface area contributed by atoms with Crippen LogP contribution in [0.2, 0.25) is 0 Å². The molecule has 3 fully saturated rings. The predicted octanol–water partition coefficient (Wildman–Crippen LogP) is 5.56. The molecule has 9 nitrogen and oxygen atoms in total. The Hall–Kier alpha value is -4.10. The van der Waals surface area contributed by atoms with Crippen molar-refractivity contribution in [1.29, 1.82) is 0 Å². The first kappa shape index (κ1) is 27.4. The predicted molar refractivity (Wildman–Crippen MR) is 157 cm³/mol. The van der Waals surface area contributed by atoms with Crippen LogP contribution < -0.4 is 10.2 Å². The number of halogens is 3. The number of thiazole rings is 1. The van der Waals surface area contributed by atoms with E-state index >= 15 is 0 Å². The Morgan fingerprint density at radius 2 is 1.84 bits per heavy atom. The maximum atomic E-state index is 14.3. The number of carbonyl (C=O) groups is 1. The van der Waals surface area contributed by atoms with E-state index in [0.717, 1.165) is 34.4 Å². The fraction of sp³-hybridized carbons (Fsp3) is 0.387. The van der Waals surface area contributed by atoms with Crippen LogP contribution >= 0.6 is 11.3 Å². The number of morpholine rings is 1. The zero-order valence-electron chi connectivity index (χ0n) is 23.4. The molecule has 226 valence electrons. The van der Waals surface area contributed by atoms with Crippen LogP contribution in [0.15, 0.2) is 64.0 Å². The summed E-state index contributed by atoms with van der Waals surface area (Å²) in [6.07, 6.45) is -3.93. The minimum atomic E-state index is -4.42. The van der Waals surface area contributed by atoms with Crippen molar-refractivity contribution in [3.63, 3.8) is 0 Å². The Kier molecular flexibility index (Phi) is 6.38. The summed E-state index contributed by atoms with van der Waals surface area (Å²) in [4.78, 5) is 24.8. The molecule has 0 spiro atoms. The molecule has 2 aliphatic carbocycles. The fourth-order valence-electron chi connectivity index (χ4n) is 6.28. The molecule has 0 unspecified atom stereocenters. The molecule has 3 atom stereocenters. The van der Waals surface area contributed by atoms with Crippen molar-refractivity contribution in [3.8, 4) is 11.6 Å². The molecule has 13 heteroatoms. The van der Waals surface area contributed by atoms with Crippen LogP contribution in [-0.4, -0.2) is 64.3 Å². The van der Waals surface area contributed by atoms with Crippen molar-refractivity contribution in [2.24, 2.45) is 4.99 Å². The van der Waals surface area contributed by atoms with E-state index in [-0.39, 0.29) is 59.8 Å². The summed E-state index contributed by atoms with van der Waals surface area (Å²) in [5.41, 5.74) is 1.48. The SMILES string of the molecule is O=C1Cc2ccccc2C(c2ccccc2)=N[C@@H]1Nc1nnc(-c2nc(C3(C(F)(F)F)CCC3)sc2N2CCO[C@H]3C[C@H]32)o1. The van der Waals surface area contributed by atoms with E-state index in [4.69, 9.17) is 14.1 Å². The standard InChI is InChI=1S/C31H27F3N6O3S/c32-31(33,34)30(11-6-12-30)28-36-24(27(44-28)40-13-14-42-22-16-20(22)40)26-38-39-29(43-26)37-25-21(41)15-18-9-4-5-10-19(18)23(35-25)17-7-2-1-3-8-17/h1-5,7-10,20,22,25H,6,11-16H2,(H,37,39)/t20-,22+,25-/m1/s1. The van der Waals surface area contributed by atoms with Crippen LogP contribution in [0.4, 0.5) is 24.2 Å². The highest BCUT2D eigenvalue weighted by molar-refractivity contribution is 7.16. The van der Waals surface area contributed by atoms with Gasteiger partial charge in [0, 0.05) is 24.1 Å². The molecule has 0 bridgehead atoms. The number of carbonyl (C=O) groups excluding carboxylic acids is 1. The van der Waals surface area contributed by atoms with Crippen molar-refractivity contribution in [1.82, 2.24) is 15.2 Å². The van der Waals surface area contributed by atoms with Crippen molar-refractivity contribution < 1.29 is 27.1 Å². The second-order valence-corrected chi connectivity index (χ2v) is 12.6. The molecule has 0 radical (unpaired) electrons. The highest BCUT2D eigenvalue weighted by Crippen LogP contribution is 2.58. The Bertz CT molecular complexity index is 1770. The van der Waals surface area contributed by atoms with Gasteiger partial charge in [-0.05, 0) is 24.8 Å². The number of benzene rings is 2. The monoisotopic (exact) mass is 620 g/mol. The number of ketones is 1. The Morgan fingerprint density at radius 1 is 1.05 bits per heavy atom. The van der Waals surface area contributed by atoms with Gasteiger partial charge in [0.25, 0.3) is 5.89 Å². The molecule has 1 saturated heterocycles. The second-order valence-electron chi connectivity index (χ2n) is 11.6. The number of ether oxygens (including phenoxy) is 1. The average Bonchev–Trinajstić information content (AvgIpc) is 3.49. The molecule has 2 saturated carbocycles. The lowest BCUT2D eigenvalue weighted by Gasteiger charge is -2.41. The van der Waals surface area contributed by atoms with Crippen molar-refractivity contribution in [2.45, 2.75) is 62.0 Å². The molecular weight excluding hydrogens is 593 g/mol. The first-order valence-electron chi connectivity index (χ1n) is 14.6. The smallest absolute Gasteiger partial charge is 0.400 e. The maximum Gasteiger partial charge on any atom is 0.400 e. The highest BCUT2D eigenvalue weighted by atomic mass is 32.1. The third kappa shape index (κ3) is 4.52. The third-order valence-electron chi connectivity index (χ3n) is 8.93. The van der Waals surface area contributed by atoms with E-state index in [1.807, 2.05) is 54.6 Å². The van der Waals surface area contributed by atoms with Gasteiger partial charge in [0.2, 0.25) is 0 Å². The minimum absolute atomic E-state index is 0.00261. The van der Waals surface area contributed by atoms with E-state index in [1.165, 1.54) is 0 Å². The quantitative estimate of drug-likeness (QED) is 0.299. The van der Waals surface area contributed by atoms with Crippen molar-refractivity contribution in [3.05, 3.63) is 76.3 Å². The second kappa shape index (κ2) is 10.2. The summed E-state index contributed by atoms with van der Waals surface area (Å²) in [7, 11) is 0. The molecule has 4 aliphatic rings. The number of aromatic nitrogens is 3. The molecule has 4 aromatic rings. The van der Waals surface area contributed by atoms with E-state index in [1.54, 1.807) is 0 Å². The molecule has 2 aliphatic heterocycles. The number of nitrogens with one attached hydrogen (secondary N) is 1. The number of aliphatic imine (C=N–C) groups is 1. The summed E-state index contributed by atoms with van der Waals surface area (Å²) in [5.74, 6) is -0.202. The van der Waals surface area contributed by atoms with Gasteiger partial charge in [0.1, 0.15) is 15.4 Å². The molecule has 4 heterocycles. The van der Waals surface area contributed by atoms with E-state index in [0.29, 0.717) is 30.3 Å². The van der Waals surface area contributed by atoms with Crippen LogP contribution in [0.25, 0.3) is 11.6 Å². The molecule has 1 N–H and O–H groups in total. The minimum Gasteiger partial charge on any atom is -0.402 e. The van der Waals surface area contributed by atoms with Gasteiger partial charge >= 0.3 is 12.2 Å². The summed E-state index contributed by atoms with van der Waals surface area (Å²) in [6, 6.07) is 17.2. The number of hydrogen-bond acceptors (Lipinski definition) is 10. The van der Waals surface area contributed by atoms with Crippen molar-refractivity contribution >= 4 is 33.8 Å². The number of hydrogen-bond donors (Lipinski definition) is 1. The van der Waals surface area contributed by atoms with Gasteiger partial charge in [0.05, 0.1) is 24.5 Å². The summed E-state index contributed by atoms with van der Waals surface area (Å²) < 4.78 is 54.7. The highest BCUT2D eigenvalue weighted by Gasteiger charge is 2.62. The van der Waals surface area contributed by atoms with Crippen molar-refractivity contribution in [2.75, 3.05) is 23.4 Å². The molecule has 2 aromatic carbocycles. The van der Waals surface area contributed by atoms with E-state index < -0.39 is 17.8 Å². The van der Waals surface area contributed by atoms with Crippen LogP contribution in [0.1, 0.15) is 47.4 Å². The van der Waals surface area contributed by atoms with Crippen LogP contribution in [0.5, 0.6) is 0 Å². The number of alkyl halides is 3. The molecule has 0 amide bonds. The Balaban J connectivity index is 1.15. The largest absolute Gasteiger partial charge is 0.402 e. The van der Waals surface area contributed by atoms with Gasteiger partial charge in [-0.3, -0.25) is 9.79 Å². The summed E-state index contributed by atoms with van der Waals surface area (Å²) in [5, 5.41) is 11.9. The first-order valence-corrected chi connectivity index (χ1v) is 15.4. The van der Waals surface area contributed by atoms with Gasteiger partial charge in [-0.1, -0.05) is 77.5 Å². The number of nitrogens with zero attached hydrogens (tertiary/aromatic N) is 5. The fourth-order valence-corrected chi connectivity index (χ4v) is 7.69. The number of anilines is 2. The molecule has 8 rings (SSSR count). The van der Waals surface area contributed by atoms with E-state index in [9.17, 15) is 18.0 Å².